The van der Waals surface area contributed by atoms with Crippen LogP contribution in [0.5, 0.6) is 0 Å². The summed E-state index contributed by atoms with van der Waals surface area (Å²) in [5.41, 5.74) is 2.32. The summed E-state index contributed by atoms with van der Waals surface area (Å²) in [5.74, 6) is 0. The van der Waals surface area contributed by atoms with Crippen molar-refractivity contribution in [3.8, 4) is 0 Å². The minimum Gasteiger partial charge on any atom is -0.396 e. The summed E-state index contributed by atoms with van der Waals surface area (Å²) in [5, 5.41) is 3.85. The molecule has 1 aromatic rings. The maximum atomic E-state index is 5.00. The molecule has 0 saturated carbocycles. The fourth-order valence-electron chi connectivity index (χ4n) is 0.993. The molecule has 0 aromatic heterocycles. The molecule has 0 fully saturated rings. The van der Waals surface area contributed by atoms with E-state index in [1.807, 2.05) is 12.1 Å². The highest BCUT2D eigenvalue weighted by molar-refractivity contribution is 5.79. The summed E-state index contributed by atoms with van der Waals surface area (Å²) >= 11 is 0. The van der Waals surface area contributed by atoms with Crippen molar-refractivity contribution in [3.63, 3.8) is 0 Å². The van der Waals surface area contributed by atoms with Gasteiger partial charge in [0.2, 0.25) is 0 Å². The van der Waals surface area contributed by atoms with Crippen molar-refractivity contribution in [1.29, 1.82) is 0 Å². The first-order valence-corrected chi connectivity index (χ1v) is 4.55. The van der Waals surface area contributed by atoms with E-state index in [2.05, 4.69) is 31.1 Å². The molecule has 2 nitrogen and oxygen atoms in total. The average molecular weight is 177 g/mol. The Hall–Kier alpha value is -1.31. The van der Waals surface area contributed by atoms with Crippen LogP contribution in [-0.2, 0) is 4.84 Å². The number of rotatable bonds is 4. The van der Waals surface area contributed by atoms with E-state index in [1.165, 1.54) is 5.56 Å². The maximum absolute atomic E-state index is 5.00. The minimum absolute atomic E-state index is 0.683. The number of hydrogen-bond donors (Lipinski definition) is 0. The second-order valence-electron chi connectivity index (χ2n) is 2.98. The molecule has 0 aliphatic carbocycles. The Morgan fingerprint density at radius 1 is 1.46 bits per heavy atom. The van der Waals surface area contributed by atoms with Gasteiger partial charge >= 0.3 is 0 Å². The van der Waals surface area contributed by atoms with Crippen LogP contribution in [0.1, 0.15) is 24.5 Å². The summed E-state index contributed by atoms with van der Waals surface area (Å²) in [6.07, 6.45) is 2.73. The van der Waals surface area contributed by atoms with Crippen LogP contribution in [0.3, 0.4) is 0 Å². The Kier molecular flexibility index (Phi) is 4.03. The lowest BCUT2D eigenvalue weighted by Crippen LogP contribution is -1.86. The number of aryl methyl sites for hydroxylation is 1. The quantitative estimate of drug-likeness (QED) is 0.393. The fourth-order valence-corrected chi connectivity index (χ4v) is 0.993. The third kappa shape index (κ3) is 3.74. The summed E-state index contributed by atoms with van der Waals surface area (Å²) in [4.78, 5) is 5.00. The van der Waals surface area contributed by atoms with Crippen LogP contribution < -0.4 is 0 Å². The van der Waals surface area contributed by atoms with Crippen LogP contribution in [-0.4, -0.2) is 12.8 Å². The van der Waals surface area contributed by atoms with Gasteiger partial charge in [-0.3, -0.25) is 0 Å². The molecule has 0 aliphatic rings. The van der Waals surface area contributed by atoms with Crippen molar-refractivity contribution in [3.05, 3.63) is 35.4 Å². The first-order valence-electron chi connectivity index (χ1n) is 4.55. The van der Waals surface area contributed by atoms with Crippen LogP contribution in [0.25, 0.3) is 0 Å². The van der Waals surface area contributed by atoms with Crippen molar-refractivity contribution in [2.75, 3.05) is 6.61 Å². The zero-order valence-electron chi connectivity index (χ0n) is 8.16. The van der Waals surface area contributed by atoms with Gasteiger partial charge in [0.25, 0.3) is 0 Å². The van der Waals surface area contributed by atoms with Crippen LogP contribution in [0, 0.1) is 6.92 Å². The van der Waals surface area contributed by atoms with Crippen molar-refractivity contribution >= 4 is 6.21 Å². The molecule has 0 bridgehead atoms. The summed E-state index contributed by atoms with van der Waals surface area (Å²) < 4.78 is 0. The maximum Gasteiger partial charge on any atom is 0.116 e. The van der Waals surface area contributed by atoms with Crippen LogP contribution in [0.2, 0.25) is 0 Å². The van der Waals surface area contributed by atoms with Crippen LogP contribution >= 0.6 is 0 Å². The number of nitrogens with zero attached hydrogens (tertiary/aromatic N) is 1. The monoisotopic (exact) mass is 177 g/mol. The molecule has 0 unspecified atom stereocenters. The minimum atomic E-state index is 0.683. The number of benzene rings is 1. The van der Waals surface area contributed by atoms with Gasteiger partial charge in [-0.15, -0.1) is 0 Å². The first kappa shape index (κ1) is 9.78. The van der Waals surface area contributed by atoms with E-state index in [0.29, 0.717) is 6.61 Å². The molecule has 2 heteroatoms. The summed E-state index contributed by atoms with van der Waals surface area (Å²) in [6.45, 7) is 4.80. The largest absolute Gasteiger partial charge is 0.396 e. The molecule has 0 aliphatic heterocycles. The molecule has 1 aromatic carbocycles. The van der Waals surface area contributed by atoms with Crippen LogP contribution in [0.15, 0.2) is 29.4 Å². The van der Waals surface area contributed by atoms with Crippen molar-refractivity contribution in [1.82, 2.24) is 0 Å². The fraction of sp³-hybridized carbons (Fsp3) is 0.364. The predicted molar refractivity (Wildman–Crippen MR) is 55.0 cm³/mol. The van der Waals surface area contributed by atoms with Gasteiger partial charge in [-0.2, -0.15) is 0 Å². The Morgan fingerprint density at radius 2 is 2.31 bits per heavy atom. The van der Waals surface area contributed by atoms with E-state index < -0.39 is 0 Å². The first-order chi connectivity index (χ1) is 6.33. The van der Waals surface area contributed by atoms with Gasteiger partial charge in [-0.05, 0) is 18.9 Å². The van der Waals surface area contributed by atoms with Crippen molar-refractivity contribution < 1.29 is 4.84 Å². The van der Waals surface area contributed by atoms with Gasteiger partial charge in [0.05, 0.1) is 6.21 Å². The van der Waals surface area contributed by atoms with Crippen molar-refractivity contribution in [2.45, 2.75) is 20.3 Å². The van der Waals surface area contributed by atoms with E-state index in [4.69, 9.17) is 4.84 Å². The molecule has 0 radical (unpaired) electrons. The molecule has 13 heavy (non-hydrogen) atoms. The zero-order chi connectivity index (χ0) is 9.52. The van der Waals surface area contributed by atoms with Gasteiger partial charge in [-0.25, -0.2) is 0 Å². The molecule has 0 spiro atoms. The topological polar surface area (TPSA) is 21.6 Å². The highest BCUT2D eigenvalue weighted by atomic mass is 16.6. The molecular weight excluding hydrogens is 162 g/mol. The van der Waals surface area contributed by atoms with Gasteiger partial charge in [0.15, 0.2) is 0 Å². The van der Waals surface area contributed by atoms with E-state index >= 15 is 0 Å². The number of hydrogen-bond acceptors (Lipinski definition) is 2. The van der Waals surface area contributed by atoms with E-state index in [9.17, 15) is 0 Å². The Balaban J connectivity index is 2.48. The SMILES string of the molecule is CCCON=Cc1cccc(C)c1. The molecule has 70 valence electrons. The summed E-state index contributed by atoms with van der Waals surface area (Å²) in [6, 6.07) is 8.14. The normalized spacial score (nSPS) is 10.6. The Morgan fingerprint density at radius 3 is 3.00 bits per heavy atom. The lowest BCUT2D eigenvalue weighted by molar-refractivity contribution is 0.146. The lowest BCUT2D eigenvalue weighted by atomic mass is 10.2. The van der Waals surface area contributed by atoms with Gasteiger partial charge in [-0.1, -0.05) is 41.9 Å². The Bertz CT molecular complexity index is 281. The molecule has 0 saturated heterocycles. The Labute approximate surface area is 79.2 Å². The lowest BCUT2D eigenvalue weighted by Gasteiger charge is -1.95. The van der Waals surface area contributed by atoms with Gasteiger partial charge in [0.1, 0.15) is 6.61 Å². The molecule has 0 N–H and O–H groups in total. The third-order valence-electron chi connectivity index (χ3n) is 1.61. The molecular formula is C11H15NO. The molecule has 0 heterocycles. The highest BCUT2D eigenvalue weighted by Gasteiger charge is 1.87. The van der Waals surface area contributed by atoms with Crippen molar-refractivity contribution in [2.24, 2.45) is 5.16 Å². The number of oxime groups is 1. The van der Waals surface area contributed by atoms with E-state index in [0.717, 1.165) is 12.0 Å². The zero-order valence-corrected chi connectivity index (χ0v) is 8.16. The molecule has 1 rings (SSSR count). The average Bonchev–Trinajstić information content (AvgIpc) is 2.13. The van der Waals surface area contributed by atoms with Gasteiger partial charge < -0.3 is 4.84 Å². The summed E-state index contributed by atoms with van der Waals surface area (Å²) in [7, 11) is 0. The highest BCUT2D eigenvalue weighted by Crippen LogP contribution is 2.00. The smallest absolute Gasteiger partial charge is 0.116 e. The van der Waals surface area contributed by atoms with Gasteiger partial charge in [0, 0.05) is 0 Å². The molecule has 0 atom stereocenters. The van der Waals surface area contributed by atoms with E-state index in [1.54, 1.807) is 6.21 Å². The third-order valence-corrected chi connectivity index (χ3v) is 1.61. The van der Waals surface area contributed by atoms with E-state index in [-0.39, 0.29) is 0 Å². The standard InChI is InChI=1S/C11H15NO/c1-3-7-13-12-9-11-6-4-5-10(2)8-11/h4-6,8-9H,3,7H2,1-2H3. The second-order valence-corrected chi connectivity index (χ2v) is 2.98. The molecule has 0 amide bonds. The van der Waals surface area contributed by atoms with Crippen LogP contribution in [0.4, 0.5) is 0 Å². The predicted octanol–water partition coefficient (Wildman–Crippen LogP) is 2.76. The second kappa shape index (κ2) is 5.36.